The first kappa shape index (κ1) is 13.6. The molecule has 0 bridgehead atoms. The van der Waals surface area contributed by atoms with Crippen molar-refractivity contribution in [2.45, 2.75) is 46.1 Å². The lowest BCUT2D eigenvalue weighted by Crippen LogP contribution is -2.35. The Hall–Kier alpha value is 0.140. The molecule has 1 aliphatic rings. The van der Waals surface area contributed by atoms with Gasteiger partial charge in [-0.25, -0.2) is 0 Å². The van der Waals surface area contributed by atoms with Crippen LogP contribution in [0.3, 0.4) is 0 Å². The first-order valence-corrected chi connectivity index (χ1v) is 8.17. The van der Waals surface area contributed by atoms with E-state index in [1.807, 2.05) is 11.3 Å². The molecule has 1 nitrogen and oxygen atoms in total. The molecule has 1 heterocycles. The van der Waals surface area contributed by atoms with Crippen LogP contribution in [0.25, 0.3) is 0 Å². The van der Waals surface area contributed by atoms with Crippen molar-refractivity contribution in [2.24, 2.45) is 11.3 Å². The van der Waals surface area contributed by atoms with Crippen molar-refractivity contribution in [3.8, 4) is 0 Å². The Bertz CT molecular complexity index is 372. The van der Waals surface area contributed by atoms with Crippen molar-refractivity contribution in [3.63, 3.8) is 0 Å². The average Bonchev–Trinajstić information content (AvgIpc) is 2.71. The fraction of sp³-hybridized carbons (Fsp3) is 0.714. The second kappa shape index (κ2) is 5.41. The molecule has 2 atom stereocenters. The molecule has 1 N–H and O–H groups in total. The van der Waals surface area contributed by atoms with E-state index >= 15 is 0 Å². The van der Waals surface area contributed by atoms with Gasteiger partial charge in [0.2, 0.25) is 0 Å². The van der Waals surface area contributed by atoms with Crippen molar-refractivity contribution in [3.05, 3.63) is 20.8 Å². The summed E-state index contributed by atoms with van der Waals surface area (Å²) < 4.78 is 1.28. The predicted molar refractivity (Wildman–Crippen MR) is 79.7 cm³/mol. The van der Waals surface area contributed by atoms with Gasteiger partial charge < -0.3 is 5.32 Å². The molecule has 2 rings (SSSR count). The molecule has 17 heavy (non-hydrogen) atoms. The van der Waals surface area contributed by atoms with E-state index < -0.39 is 0 Å². The van der Waals surface area contributed by atoms with Crippen LogP contribution in [0, 0.1) is 11.3 Å². The van der Waals surface area contributed by atoms with Crippen molar-refractivity contribution in [1.82, 2.24) is 5.32 Å². The largest absolute Gasteiger partial charge is 0.313 e. The summed E-state index contributed by atoms with van der Waals surface area (Å²) in [6.45, 7) is 8.16. The summed E-state index contributed by atoms with van der Waals surface area (Å²) in [5, 5.41) is 5.91. The summed E-state index contributed by atoms with van der Waals surface area (Å²) in [6.07, 6.45) is 3.76. The smallest absolute Gasteiger partial charge is 0.0314 e. The molecular weight excluding hydrogens is 294 g/mol. The summed E-state index contributed by atoms with van der Waals surface area (Å²) in [7, 11) is 0. The predicted octanol–water partition coefficient (Wildman–Crippen LogP) is 4.47. The monoisotopic (exact) mass is 315 g/mol. The Morgan fingerprint density at radius 1 is 1.59 bits per heavy atom. The maximum absolute atomic E-state index is 3.74. The summed E-state index contributed by atoms with van der Waals surface area (Å²) >= 11 is 5.51. The van der Waals surface area contributed by atoms with Crippen LogP contribution in [0.15, 0.2) is 15.9 Å². The first-order chi connectivity index (χ1) is 8.04. The number of hydrogen-bond donors (Lipinski definition) is 1. The minimum atomic E-state index is 0.551. The van der Waals surface area contributed by atoms with Crippen LogP contribution in [-0.2, 0) is 6.42 Å². The molecule has 1 aliphatic carbocycles. The Kier molecular flexibility index (Phi) is 4.32. The zero-order valence-electron chi connectivity index (χ0n) is 10.9. The topological polar surface area (TPSA) is 12.0 Å². The minimum Gasteiger partial charge on any atom is -0.313 e. The van der Waals surface area contributed by atoms with Gasteiger partial charge in [-0.2, -0.15) is 0 Å². The molecule has 1 fully saturated rings. The minimum absolute atomic E-state index is 0.551. The molecule has 0 amide bonds. The Labute approximate surface area is 117 Å². The van der Waals surface area contributed by atoms with E-state index in [2.05, 4.69) is 53.5 Å². The van der Waals surface area contributed by atoms with Crippen LogP contribution < -0.4 is 5.32 Å². The fourth-order valence-corrected chi connectivity index (χ4v) is 4.13. The molecule has 0 radical (unpaired) electrons. The second-order valence-corrected chi connectivity index (χ2v) is 7.61. The highest BCUT2D eigenvalue weighted by Gasteiger charge is 2.49. The standard InChI is InChI=1S/C14H22BrNS/c1-4-6-16-12(10-9-14(10,2)3)8-13-11(15)5-7-17-13/h5,7,10,12,16H,4,6,8-9H2,1-3H3. The van der Waals surface area contributed by atoms with Crippen molar-refractivity contribution in [1.29, 1.82) is 0 Å². The van der Waals surface area contributed by atoms with Gasteiger partial charge in [0.1, 0.15) is 0 Å². The number of rotatable bonds is 6. The Balaban J connectivity index is 1.99. The van der Waals surface area contributed by atoms with Crippen LogP contribution >= 0.6 is 27.3 Å². The molecule has 0 aromatic carbocycles. The van der Waals surface area contributed by atoms with E-state index in [-0.39, 0.29) is 0 Å². The highest BCUT2D eigenvalue weighted by Crippen LogP contribution is 2.54. The molecule has 3 heteroatoms. The number of hydrogen-bond acceptors (Lipinski definition) is 2. The average molecular weight is 316 g/mol. The van der Waals surface area contributed by atoms with E-state index in [0.29, 0.717) is 11.5 Å². The highest BCUT2D eigenvalue weighted by atomic mass is 79.9. The molecule has 1 aromatic rings. The van der Waals surface area contributed by atoms with Gasteiger partial charge >= 0.3 is 0 Å². The van der Waals surface area contributed by atoms with E-state index in [0.717, 1.165) is 12.5 Å². The third-order valence-corrected chi connectivity index (χ3v) is 5.78. The quantitative estimate of drug-likeness (QED) is 0.816. The summed E-state index contributed by atoms with van der Waals surface area (Å²) in [6, 6.07) is 2.81. The van der Waals surface area contributed by atoms with Gasteiger partial charge in [-0.05, 0) is 64.5 Å². The van der Waals surface area contributed by atoms with Gasteiger partial charge in [-0.1, -0.05) is 20.8 Å². The van der Waals surface area contributed by atoms with Gasteiger partial charge in [-0.3, -0.25) is 0 Å². The number of halogens is 1. The summed E-state index contributed by atoms with van der Waals surface area (Å²) in [4.78, 5) is 1.49. The van der Waals surface area contributed by atoms with Crippen LogP contribution in [0.1, 0.15) is 38.5 Å². The Morgan fingerprint density at radius 2 is 2.29 bits per heavy atom. The van der Waals surface area contributed by atoms with Crippen LogP contribution in [-0.4, -0.2) is 12.6 Å². The summed E-state index contributed by atoms with van der Waals surface area (Å²) in [5.74, 6) is 0.850. The molecule has 0 spiro atoms. The fourth-order valence-electron chi connectivity index (χ4n) is 2.55. The lowest BCUT2D eigenvalue weighted by Gasteiger charge is -2.20. The van der Waals surface area contributed by atoms with Gasteiger partial charge in [0, 0.05) is 15.4 Å². The number of thiophene rings is 1. The lowest BCUT2D eigenvalue weighted by atomic mass is 10.0. The third kappa shape index (κ3) is 3.33. The van der Waals surface area contributed by atoms with E-state index in [1.165, 1.54) is 28.6 Å². The maximum atomic E-state index is 3.74. The van der Waals surface area contributed by atoms with E-state index in [9.17, 15) is 0 Å². The molecular formula is C14H22BrNS. The zero-order valence-corrected chi connectivity index (χ0v) is 13.3. The highest BCUT2D eigenvalue weighted by molar-refractivity contribution is 9.10. The first-order valence-electron chi connectivity index (χ1n) is 6.50. The second-order valence-electron chi connectivity index (χ2n) is 5.76. The molecule has 1 saturated carbocycles. The summed E-state index contributed by atoms with van der Waals surface area (Å²) in [5.41, 5.74) is 0.551. The van der Waals surface area contributed by atoms with Gasteiger partial charge in [0.15, 0.2) is 0 Å². The van der Waals surface area contributed by atoms with E-state index in [4.69, 9.17) is 0 Å². The SMILES string of the molecule is CCCNC(Cc1sccc1Br)C1CC1(C)C. The van der Waals surface area contributed by atoms with Crippen LogP contribution in [0.5, 0.6) is 0 Å². The lowest BCUT2D eigenvalue weighted by molar-refractivity contribution is 0.404. The molecule has 96 valence electrons. The molecule has 2 unspecified atom stereocenters. The molecule has 0 saturated heterocycles. The molecule has 0 aliphatic heterocycles. The van der Waals surface area contributed by atoms with Crippen molar-refractivity contribution >= 4 is 27.3 Å². The van der Waals surface area contributed by atoms with Crippen LogP contribution in [0.2, 0.25) is 0 Å². The van der Waals surface area contributed by atoms with Crippen molar-refractivity contribution in [2.75, 3.05) is 6.54 Å². The maximum Gasteiger partial charge on any atom is 0.0314 e. The normalized spacial score (nSPS) is 23.6. The van der Waals surface area contributed by atoms with Crippen LogP contribution in [0.4, 0.5) is 0 Å². The third-order valence-electron chi connectivity index (χ3n) is 3.83. The van der Waals surface area contributed by atoms with Crippen molar-refractivity contribution < 1.29 is 0 Å². The van der Waals surface area contributed by atoms with E-state index in [1.54, 1.807) is 0 Å². The zero-order chi connectivity index (χ0) is 12.5. The molecule has 1 aromatic heterocycles. The number of nitrogens with one attached hydrogen (secondary N) is 1. The van der Waals surface area contributed by atoms with Gasteiger partial charge in [-0.15, -0.1) is 11.3 Å². The van der Waals surface area contributed by atoms with Gasteiger partial charge in [0.25, 0.3) is 0 Å². The Morgan fingerprint density at radius 3 is 2.76 bits per heavy atom. The van der Waals surface area contributed by atoms with Gasteiger partial charge in [0.05, 0.1) is 0 Å².